The van der Waals surface area contributed by atoms with Crippen LogP contribution in [-0.4, -0.2) is 34.2 Å². The topological polar surface area (TPSA) is 69.7 Å². The quantitative estimate of drug-likeness (QED) is 0.560. The lowest BCUT2D eigenvalue weighted by atomic mass is 10.1. The van der Waals surface area contributed by atoms with Crippen LogP contribution in [0.15, 0.2) is 78.9 Å². The molecule has 0 bridgehead atoms. The SMILES string of the molecule is Cc1ccc(CNC(=O)CN2C(=O)C(c3ccccc3)N(Cc3ccccc3)C2=O)cc1F. The standard InChI is InChI=1S/C26H24FN3O3/c1-18-12-13-20(14-22(18)27)15-28-23(31)17-30-25(32)24(21-10-6-3-7-11-21)29(26(30)33)16-19-8-4-2-5-9-19/h2-14,24H,15-17H2,1H3,(H,28,31). The highest BCUT2D eigenvalue weighted by atomic mass is 19.1. The molecule has 1 heterocycles. The molecule has 7 heteroatoms. The van der Waals surface area contributed by atoms with Gasteiger partial charge in [0.1, 0.15) is 18.4 Å². The normalized spacial score (nSPS) is 15.8. The first kappa shape index (κ1) is 22.2. The molecule has 0 aromatic heterocycles. The molecular weight excluding hydrogens is 421 g/mol. The van der Waals surface area contributed by atoms with E-state index in [0.717, 1.165) is 10.5 Å². The summed E-state index contributed by atoms with van der Waals surface area (Å²) in [6, 6.07) is 21.8. The van der Waals surface area contributed by atoms with Crippen molar-refractivity contribution in [2.24, 2.45) is 0 Å². The predicted molar refractivity (Wildman–Crippen MR) is 121 cm³/mol. The Morgan fingerprint density at radius 3 is 2.27 bits per heavy atom. The molecule has 0 saturated carbocycles. The lowest BCUT2D eigenvalue weighted by molar-refractivity contribution is -0.132. The number of carbonyl (C=O) groups is 3. The number of amides is 4. The summed E-state index contributed by atoms with van der Waals surface area (Å²) in [5, 5.41) is 2.66. The number of imide groups is 1. The number of benzene rings is 3. The van der Waals surface area contributed by atoms with E-state index in [1.165, 1.54) is 11.0 Å². The second-order valence-corrected chi connectivity index (χ2v) is 7.99. The van der Waals surface area contributed by atoms with E-state index in [-0.39, 0.29) is 18.9 Å². The molecule has 3 aromatic carbocycles. The zero-order valence-electron chi connectivity index (χ0n) is 18.2. The van der Waals surface area contributed by atoms with Crippen molar-refractivity contribution in [2.75, 3.05) is 6.54 Å². The molecule has 1 fully saturated rings. The Kier molecular flexibility index (Phi) is 6.49. The van der Waals surface area contributed by atoms with Gasteiger partial charge in [0.2, 0.25) is 5.91 Å². The van der Waals surface area contributed by atoms with Gasteiger partial charge in [-0.1, -0.05) is 72.8 Å². The second kappa shape index (κ2) is 9.65. The van der Waals surface area contributed by atoms with E-state index in [1.807, 2.05) is 48.5 Å². The first-order valence-electron chi connectivity index (χ1n) is 10.7. The van der Waals surface area contributed by atoms with Gasteiger partial charge in [0, 0.05) is 13.1 Å². The van der Waals surface area contributed by atoms with Crippen LogP contribution in [0.3, 0.4) is 0 Å². The Morgan fingerprint density at radius 2 is 1.61 bits per heavy atom. The molecule has 6 nitrogen and oxygen atoms in total. The summed E-state index contributed by atoms with van der Waals surface area (Å²) in [4.78, 5) is 41.5. The molecule has 168 valence electrons. The van der Waals surface area contributed by atoms with Gasteiger partial charge in [0.05, 0.1) is 0 Å². The third-order valence-corrected chi connectivity index (χ3v) is 5.63. The van der Waals surface area contributed by atoms with Crippen molar-refractivity contribution in [3.63, 3.8) is 0 Å². The predicted octanol–water partition coefficient (Wildman–Crippen LogP) is 3.96. The van der Waals surface area contributed by atoms with Crippen molar-refractivity contribution in [1.29, 1.82) is 0 Å². The van der Waals surface area contributed by atoms with E-state index in [1.54, 1.807) is 31.2 Å². The van der Waals surface area contributed by atoms with Gasteiger partial charge in [-0.2, -0.15) is 0 Å². The van der Waals surface area contributed by atoms with Gasteiger partial charge in [-0.25, -0.2) is 9.18 Å². The lowest BCUT2D eigenvalue weighted by Crippen LogP contribution is -2.41. The smallest absolute Gasteiger partial charge is 0.328 e. The molecule has 3 aromatic rings. The van der Waals surface area contributed by atoms with Crippen molar-refractivity contribution in [3.05, 3.63) is 107 Å². The molecule has 1 saturated heterocycles. The molecular formula is C26H24FN3O3. The minimum Gasteiger partial charge on any atom is -0.350 e. The minimum atomic E-state index is -0.807. The molecule has 0 spiro atoms. The van der Waals surface area contributed by atoms with Gasteiger partial charge >= 0.3 is 6.03 Å². The van der Waals surface area contributed by atoms with Gasteiger partial charge in [-0.05, 0) is 35.2 Å². The Bertz CT molecular complexity index is 1170. The fourth-order valence-corrected chi connectivity index (χ4v) is 3.83. The van der Waals surface area contributed by atoms with Crippen LogP contribution in [0.5, 0.6) is 0 Å². The molecule has 1 aliphatic rings. The maximum Gasteiger partial charge on any atom is 0.328 e. The number of hydrogen-bond acceptors (Lipinski definition) is 3. The van der Waals surface area contributed by atoms with Crippen LogP contribution >= 0.6 is 0 Å². The molecule has 4 amide bonds. The number of carbonyl (C=O) groups excluding carboxylic acids is 3. The van der Waals surface area contributed by atoms with Crippen LogP contribution in [0, 0.1) is 12.7 Å². The van der Waals surface area contributed by atoms with Crippen LogP contribution in [0.2, 0.25) is 0 Å². The molecule has 0 aliphatic carbocycles. The van der Waals surface area contributed by atoms with Gasteiger partial charge < -0.3 is 10.2 Å². The van der Waals surface area contributed by atoms with Crippen LogP contribution in [0.1, 0.15) is 28.3 Å². The Labute approximate surface area is 191 Å². The van der Waals surface area contributed by atoms with E-state index in [4.69, 9.17) is 0 Å². The third-order valence-electron chi connectivity index (χ3n) is 5.63. The van der Waals surface area contributed by atoms with Crippen molar-refractivity contribution < 1.29 is 18.8 Å². The first-order chi connectivity index (χ1) is 15.9. The number of halogens is 1. The van der Waals surface area contributed by atoms with E-state index < -0.39 is 30.4 Å². The maximum absolute atomic E-state index is 13.7. The Morgan fingerprint density at radius 1 is 0.939 bits per heavy atom. The highest BCUT2D eigenvalue weighted by Crippen LogP contribution is 2.32. The zero-order valence-corrected chi connectivity index (χ0v) is 18.2. The van der Waals surface area contributed by atoms with Gasteiger partial charge in [-0.3, -0.25) is 14.5 Å². The second-order valence-electron chi connectivity index (χ2n) is 7.99. The van der Waals surface area contributed by atoms with E-state index in [0.29, 0.717) is 16.7 Å². The average molecular weight is 445 g/mol. The van der Waals surface area contributed by atoms with E-state index in [9.17, 15) is 18.8 Å². The highest BCUT2D eigenvalue weighted by Gasteiger charge is 2.46. The summed E-state index contributed by atoms with van der Waals surface area (Å²) < 4.78 is 13.7. The molecule has 1 unspecified atom stereocenters. The number of nitrogens with one attached hydrogen (secondary N) is 1. The van der Waals surface area contributed by atoms with E-state index in [2.05, 4.69) is 5.32 Å². The van der Waals surface area contributed by atoms with Crippen molar-refractivity contribution in [2.45, 2.75) is 26.1 Å². The summed E-state index contributed by atoms with van der Waals surface area (Å²) in [5.41, 5.74) is 2.68. The van der Waals surface area contributed by atoms with Crippen LogP contribution < -0.4 is 5.32 Å². The molecule has 33 heavy (non-hydrogen) atoms. The van der Waals surface area contributed by atoms with Gasteiger partial charge in [0.15, 0.2) is 0 Å². The summed E-state index contributed by atoms with van der Waals surface area (Å²) >= 11 is 0. The molecule has 1 atom stereocenters. The van der Waals surface area contributed by atoms with Crippen LogP contribution in [0.25, 0.3) is 0 Å². The van der Waals surface area contributed by atoms with Crippen LogP contribution in [-0.2, 0) is 22.7 Å². The zero-order chi connectivity index (χ0) is 23.4. The molecule has 1 aliphatic heterocycles. The Hall–Kier alpha value is -4.00. The highest BCUT2D eigenvalue weighted by molar-refractivity contribution is 6.06. The Balaban J connectivity index is 1.50. The number of nitrogens with zero attached hydrogens (tertiary/aromatic N) is 2. The van der Waals surface area contributed by atoms with E-state index >= 15 is 0 Å². The molecule has 4 rings (SSSR count). The number of hydrogen-bond donors (Lipinski definition) is 1. The lowest BCUT2D eigenvalue weighted by Gasteiger charge is -2.22. The monoisotopic (exact) mass is 445 g/mol. The van der Waals surface area contributed by atoms with Crippen molar-refractivity contribution in [3.8, 4) is 0 Å². The molecule has 0 radical (unpaired) electrons. The largest absolute Gasteiger partial charge is 0.350 e. The average Bonchev–Trinajstić information content (AvgIpc) is 3.05. The van der Waals surface area contributed by atoms with Crippen molar-refractivity contribution >= 4 is 17.8 Å². The summed E-state index contributed by atoms with van der Waals surface area (Å²) in [5.74, 6) is -1.29. The fraction of sp³-hybridized carbons (Fsp3) is 0.192. The summed E-state index contributed by atoms with van der Waals surface area (Å²) in [6.07, 6.45) is 0. The summed E-state index contributed by atoms with van der Waals surface area (Å²) in [6.45, 7) is 1.60. The number of rotatable bonds is 7. The van der Waals surface area contributed by atoms with Crippen LogP contribution in [0.4, 0.5) is 9.18 Å². The summed E-state index contributed by atoms with van der Waals surface area (Å²) in [7, 11) is 0. The minimum absolute atomic E-state index is 0.0993. The first-order valence-corrected chi connectivity index (χ1v) is 10.7. The third kappa shape index (κ3) is 4.92. The molecule has 1 N–H and O–H groups in total. The van der Waals surface area contributed by atoms with Gasteiger partial charge in [0.25, 0.3) is 5.91 Å². The number of urea groups is 1. The van der Waals surface area contributed by atoms with Gasteiger partial charge in [-0.15, -0.1) is 0 Å². The maximum atomic E-state index is 13.7. The fourth-order valence-electron chi connectivity index (χ4n) is 3.83. The number of aryl methyl sites for hydroxylation is 1. The van der Waals surface area contributed by atoms with Crippen molar-refractivity contribution in [1.82, 2.24) is 15.1 Å².